The van der Waals surface area contributed by atoms with Crippen LogP contribution in [0.1, 0.15) is 22.4 Å². The van der Waals surface area contributed by atoms with Crippen LogP contribution < -0.4 is 5.32 Å². The van der Waals surface area contributed by atoms with Crippen molar-refractivity contribution in [1.29, 1.82) is 0 Å². The number of pyridine rings is 1. The molecule has 2 aromatic heterocycles. The fraction of sp³-hybridized carbons (Fsp3) is 0.300. The number of hydrogen-bond donors (Lipinski definition) is 1. The first kappa shape index (κ1) is 15.8. The number of rotatable bonds is 3. The number of benzene rings is 1. The van der Waals surface area contributed by atoms with Crippen molar-refractivity contribution in [3.8, 4) is 0 Å². The zero-order chi connectivity index (χ0) is 17.4. The van der Waals surface area contributed by atoms with E-state index in [2.05, 4.69) is 57.0 Å². The molecule has 1 aliphatic heterocycles. The Morgan fingerprint density at radius 2 is 2.04 bits per heavy atom. The Bertz CT molecular complexity index is 930. The van der Waals surface area contributed by atoms with Crippen LogP contribution in [0, 0.1) is 6.92 Å². The largest absolute Gasteiger partial charge is 0.358 e. The van der Waals surface area contributed by atoms with Crippen LogP contribution in [0.4, 0.5) is 0 Å². The number of imidazole rings is 1. The molecule has 0 bridgehead atoms. The van der Waals surface area contributed by atoms with Gasteiger partial charge in [0, 0.05) is 26.3 Å². The summed E-state index contributed by atoms with van der Waals surface area (Å²) in [5, 5.41) is 2.82. The Morgan fingerprint density at radius 3 is 2.84 bits per heavy atom. The van der Waals surface area contributed by atoms with Crippen LogP contribution in [0.25, 0.3) is 5.65 Å². The lowest BCUT2D eigenvalue weighted by atomic mass is 9.93. The lowest BCUT2D eigenvalue weighted by Crippen LogP contribution is -2.49. The van der Waals surface area contributed by atoms with Gasteiger partial charge in [-0.15, -0.1) is 0 Å². The van der Waals surface area contributed by atoms with Crippen molar-refractivity contribution in [3.05, 3.63) is 71.2 Å². The van der Waals surface area contributed by atoms with Crippen molar-refractivity contribution in [3.63, 3.8) is 0 Å². The summed E-state index contributed by atoms with van der Waals surface area (Å²) in [6.07, 6.45) is 4.76. The molecule has 0 saturated carbocycles. The van der Waals surface area contributed by atoms with E-state index in [0.717, 1.165) is 24.3 Å². The highest BCUT2D eigenvalue weighted by molar-refractivity contribution is 5.82. The van der Waals surface area contributed by atoms with Gasteiger partial charge in [0.1, 0.15) is 5.65 Å². The molecule has 25 heavy (non-hydrogen) atoms. The summed E-state index contributed by atoms with van der Waals surface area (Å²) in [6, 6.07) is 12.3. The minimum Gasteiger partial charge on any atom is -0.358 e. The normalized spacial score (nSPS) is 17.4. The molecule has 5 nitrogen and oxygen atoms in total. The van der Waals surface area contributed by atoms with Gasteiger partial charge in [-0.05, 0) is 36.1 Å². The third-order valence-corrected chi connectivity index (χ3v) is 4.99. The second-order valence-corrected chi connectivity index (χ2v) is 6.69. The van der Waals surface area contributed by atoms with E-state index in [9.17, 15) is 4.79 Å². The minimum atomic E-state index is -0.157. The Hall–Kier alpha value is -2.66. The maximum Gasteiger partial charge on any atom is 0.237 e. The summed E-state index contributed by atoms with van der Waals surface area (Å²) in [7, 11) is 1.71. The molecule has 0 saturated heterocycles. The number of nitrogens with zero attached hydrogens (tertiary/aromatic N) is 3. The maximum atomic E-state index is 12.5. The smallest absolute Gasteiger partial charge is 0.237 e. The van der Waals surface area contributed by atoms with E-state index < -0.39 is 0 Å². The van der Waals surface area contributed by atoms with Crippen molar-refractivity contribution in [2.75, 3.05) is 7.05 Å². The number of aromatic nitrogens is 2. The number of aryl methyl sites for hydroxylation is 1. The molecule has 5 heteroatoms. The number of fused-ring (bicyclic) bond motifs is 2. The molecule has 1 amide bonds. The predicted octanol–water partition coefficient (Wildman–Crippen LogP) is 2.32. The molecule has 0 unspecified atom stereocenters. The van der Waals surface area contributed by atoms with Gasteiger partial charge in [-0.25, -0.2) is 4.98 Å². The molecular formula is C20H22N4O. The van der Waals surface area contributed by atoms with E-state index in [-0.39, 0.29) is 11.9 Å². The van der Waals surface area contributed by atoms with Gasteiger partial charge in [0.2, 0.25) is 5.91 Å². The summed E-state index contributed by atoms with van der Waals surface area (Å²) in [5.74, 6) is 0.0690. The molecule has 1 atom stereocenters. The highest BCUT2D eigenvalue weighted by Crippen LogP contribution is 2.25. The summed E-state index contributed by atoms with van der Waals surface area (Å²) >= 11 is 0. The highest BCUT2D eigenvalue weighted by Gasteiger charge is 2.31. The fourth-order valence-corrected chi connectivity index (χ4v) is 3.63. The van der Waals surface area contributed by atoms with E-state index in [0.29, 0.717) is 6.54 Å². The van der Waals surface area contributed by atoms with Crippen molar-refractivity contribution in [1.82, 2.24) is 19.6 Å². The zero-order valence-electron chi connectivity index (χ0n) is 14.6. The lowest BCUT2D eigenvalue weighted by molar-refractivity contribution is -0.126. The number of carbonyl (C=O) groups excluding carboxylic acids is 1. The second-order valence-electron chi connectivity index (χ2n) is 6.69. The van der Waals surface area contributed by atoms with Gasteiger partial charge in [-0.1, -0.05) is 30.3 Å². The van der Waals surface area contributed by atoms with Gasteiger partial charge in [0.15, 0.2) is 0 Å². The topological polar surface area (TPSA) is 49.6 Å². The van der Waals surface area contributed by atoms with Crippen LogP contribution in [-0.2, 0) is 24.3 Å². The molecule has 3 heterocycles. The van der Waals surface area contributed by atoms with Gasteiger partial charge >= 0.3 is 0 Å². The van der Waals surface area contributed by atoms with Crippen molar-refractivity contribution < 1.29 is 4.79 Å². The molecule has 0 radical (unpaired) electrons. The number of nitrogens with one attached hydrogen (secondary N) is 1. The summed E-state index contributed by atoms with van der Waals surface area (Å²) in [5.41, 5.74) is 5.80. The van der Waals surface area contributed by atoms with E-state index in [1.807, 2.05) is 18.3 Å². The Labute approximate surface area is 147 Å². The molecule has 1 aliphatic rings. The standard InChI is InChI=1S/C20H22N4O/c1-14-7-8-19-22-10-17(24(19)11-14)13-23-12-16-6-4-3-5-15(16)9-18(23)20(25)21-2/h3-8,10-11,18H,9,12-13H2,1-2H3,(H,21,25)/t18-/m0/s1. The van der Waals surface area contributed by atoms with Crippen LogP contribution in [-0.4, -0.2) is 33.3 Å². The molecular weight excluding hydrogens is 312 g/mol. The Balaban J connectivity index is 1.69. The first-order valence-electron chi connectivity index (χ1n) is 8.60. The zero-order valence-corrected chi connectivity index (χ0v) is 14.6. The summed E-state index contributed by atoms with van der Waals surface area (Å²) in [4.78, 5) is 19.2. The predicted molar refractivity (Wildman–Crippen MR) is 97.2 cm³/mol. The van der Waals surface area contributed by atoms with Gasteiger partial charge < -0.3 is 9.72 Å². The van der Waals surface area contributed by atoms with E-state index in [1.54, 1.807) is 7.05 Å². The summed E-state index contributed by atoms with van der Waals surface area (Å²) < 4.78 is 2.12. The fourth-order valence-electron chi connectivity index (χ4n) is 3.63. The van der Waals surface area contributed by atoms with Crippen LogP contribution in [0.2, 0.25) is 0 Å². The van der Waals surface area contributed by atoms with Crippen molar-refractivity contribution in [2.45, 2.75) is 32.5 Å². The van der Waals surface area contributed by atoms with Crippen LogP contribution in [0.5, 0.6) is 0 Å². The quantitative estimate of drug-likeness (QED) is 0.800. The Morgan fingerprint density at radius 1 is 1.24 bits per heavy atom. The van der Waals surface area contributed by atoms with Crippen LogP contribution >= 0.6 is 0 Å². The highest BCUT2D eigenvalue weighted by atomic mass is 16.2. The number of hydrogen-bond acceptors (Lipinski definition) is 3. The number of amides is 1. The van der Waals surface area contributed by atoms with Crippen molar-refractivity contribution in [2.24, 2.45) is 0 Å². The monoisotopic (exact) mass is 334 g/mol. The van der Waals surface area contributed by atoms with Crippen molar-refractivity contribution >= 4 is 11.6 Å². The third-order valence-electron chi connectivity index (χ3n) is 4.99. The Kier molecular flexibility index (Phi) is 4.01. The molecule has 3 aromatic rings. The second kappa shape index (κ2) is 6.33. The molecule has 1 aromatic carbocycles. The van der Waals surface area contributed by atoms with Crippen LogP contribution in [0.3, 0.4) is 0 Å². The maximum absolute atomic E-state index is 12.5. The average molecular weight is 334 g/mol. The number of carbonyl (C=O) groups is 1. The average Bonchev–Trinajstić information content (AvgIpc) is 3.02. The van der Waals surface area contributed by atoms with Gasteiger partial charge in [-0.3, -0.25) is 9.69 Å². The third kappa shape index (κ3) is 2.91. The van der Waals surface area contributed by atoms with Gasteiger partial charge in [-0.2, -0.15) is 0 Å². The summed E-state index contributed by atoms with van der Waals surface area (Å²) in [6.45, 7) is 3.54. The minimum absolute atomic E-state index is 0.0690. The molecule has 1 N–H and O–H groups in total. The lowest BCUT2D eigenvalue weighted by Gasteiger charge is -2.35. The molecule has 4 rings (SSSR count). The number of likely N-dealkylation sites (N-methyl/N-ethyl adjacent to an activating group) is 1. The first-order chi connectivity index (χ1) is 12.2. The molecule has 0 aliphatic carbocycles. The van der Waals surface area contributed by atoms with Gasteiger partial charge in [0.05, 0.1) is 17.9 Å². The van der Waals surface area contributed by atoms with Crippen LogP contribution in [0.15, 0.2) is 48.8 Å². The van der Waals surface area contributed by atoms with E-state index in [1.165, 1.54) is 16.7 Å². The molecule has 0 fully saturated rings. The van der Waals surface area contributed by atoms with E-state index in [4.69, 9.17) is 0 Å². The van der Waals surface area contributed by atoms with E-state index >= 15 is 0 Å². The molecule has 0 spiro atoms. The SMILES string of the molecule is CNC(=O)[C@@H]1Cc2ccccc2CN1Cc1cnc2ccc(C)cn12. The first-order valence-corrected chi connectivity index (χ1v) is 8.60. The molecule has 128 valence electrons. The van der Waals surface area contributed by atoms with Gasteiger partial charge in [0.25, 0.3) is 0 Å².